The Hall–Kier alpha value is -1.56. The summed E-state index contributed by atoms with van der Waals surface area (Å²) in [5.41, 5.74) is 1.12. The summed E-state index contributed by atoms with van der Waals surface area (Å²) in [6.45, 7) is 0. The number of aliphatic carboxylic acids is 1. The van der Waals surface area contributed by atoms with Crippen LogP contribution in [-0.4, -0.2) is 27.6 Å². The predicted octanol–water partition coefficient (Wildman–Crippen LogP) is 1.73. The Morgan fingerprint density at radius 1 is 1.62 bits per heavy atom. The van der Waals surface area contributed by atoms with Crippen LogP contribution in [0.2, 0.25) is 0 Å². The Bertz CT molecular complexity index is 550. The summed E-state index contributed by atoms with van der Waals surface area (Å²) in [5.74, 6) is -0.299. The molecule has 0 saturated heterocycles. The molecule has 2 aromatic rings. The molecule has 0 aromatic carbocycles. The van der Waals surface area contributed by atoms with Crippen molar-refractivity contribution >= 4 is 27.5 Å². The van der Waals surface area contributed by atoms with Crippen LogP contribution in [0.1, 0.15) is 5.69 Å². The minimum atomic E-state index is -0.901. The maximum atomic E-state index is 10.6. The number of ether oxygens (including phenoxy) is 1. The van der Waals surface area contributed by atoms with Crippen LogP contribution in [0, 0.1) is 0 Å². The molecule has 0 atom stereocenters. The van der Waals surface area contributed by atoms with Gasteiger partial charge in [0.2, 0.25) is 0 Å². The van der Waals surface area contributed by atoms with Crippen LogP contribution in [0.5, 0.6) is 5.75 Å². The third kappa shape index (κ3) is 2.01. The standard InChI is InChI=1S/C10H9BrN2O3/c1-16-8-2-6(11)4-13-5-7(3-9(14)15)12-10(8)13/h2,4-5H,3H2,1H3,(H,14,15). The van der Waals surface area contributed by atoms with Crippen molar-refractivity contribution in [3.63, 3.8) is 0 Å². The van der Waals surface area contributed by atoms with E-state index >= 15 is 0 Å². The molecule has 0 radical (unpaired) electrons. The van der Waals surface area contributed by atoms with Gasteiger partial charge in [0.15, 0.2) is 11.4 Å². The van der Waals surface area contributed by atoms with Crippen molar-refractivity contribution in [1.29, 1.82) is 0 Å². The Labute approximate surface area is 99.8 Å². The lowest BCUT2D eigenvalue weighted by molar-refractivity contribution is -0.136. The third-order valence-electron chi connectivity index (χ3n) is 2.09. The second-order valence-corrected chi connectivity index (χ2v) is 4.18. The van der Waals surface area contributed by atoms with E-state index in [2.05, 4.69) is 20.9 Å². The van der Waals surface area contributed by atoms with Crippen LogP contribution in [0.3, 0.4) is 0 Å². The molecule has 0 fully saturated rings. The molecule has 6 heteroatoms. The molecular weight excluding hydrogens is 276 g/mol. The van der Waals surface area contributed by atoms with E-state index in [4.69, 9.17) is 9.84 Å². The maximum Gasteiger partial charge on any atom is 0.309 e. The van der Waals surface area contributed by atoms with Gasteiger partial charge in [-0.15, -0.1) is 0 Å². The molecule has 2 heterocycles. The monoisotopic (exact) mass is 284 g/mol. The van der Waals surface area contributed by atoms with Gasteiger partial charge in [-0.05, 0) is 22.0 Å². The molecule has 0 aliphatic carbocycles. The Morgan fingerprint density at radius 2 is 2.38 bits per heavy atom. The molecule has 1 N–H and O–H groups in total. The number of fused-ring (bicyclic) bond motifs is 1. The summed E-state index contributed by atoms with van der Waals surface area (Å²) < 4.78 is 7.75. The lowest BCUT2D eigenvalue weighted by Gasteiger charge is -2.02. The van der Waals surface area contributed by atoms with E-state index < -0.39 is 5.97 Å². The summed E-state index contributed by atoms with van der Waals surface area (Å²) in [7, 11) is 1.55. The molecule has 2 rings (SSSR count). The van der Waals surface area contributed by atoms with Gasteiger partial charge >= 0.3 is 5.97 Å². The van der Waals surface area contributed by atoms with E-state index in [0.29, 0.717) is 17.1 Å². The fraction of sp³-hybridized carbons (Fsp3) is 0.200. The summed E-state index contributed by atoms with van der Waals surface area (Å²) in [6, 6.07) is 1.78. The van der Waals surface area contributed by atoms with Crippen LogP contribution >= 0.6 is 15.9 Å². The van der Waals surface area contributed by atoms with Gasteiger partial charge in [0.25, 0.3) is 0 Å². The number of nitrogens with zero attached hydrogens (tertiary/aromatic N) is 2. The Morgan fingerprint density at radius 3 is 3.00 bits per heavy atom. The summed E-state index contributed by atoms with van der Waals surface area (Å²) in [5, 5.41) is 8.68. The number of imidazole rings is 1. The summed E-state index contributed by atoms with van der Waals surface area (Å²) >= 11 is 3.34. The van der Waals surface area contributed by atoms with Crippen molar-refractivity contribution < 1.29 is 14.6 Å². The van der Waals surface area contributed by atoms with Crippen molar-refractivity contribution in [2.45, 2.75) is 6.42 Å². The number of carboxylic acid groups (broad SMARTS) is 1. The highest BCUT2D eigenvalue weighted by Crippen LogP contribution is 2.24. The van der Waals surface area contributed by atoms with E-state index in [-0.39, 0.29) is 6.42 Å². The molecule has 16 heavy (non-hydrogen) atoms. The number of carboxylic acids is 1. The molecule has 0 aliphatic rings. The smallest absolute Gasteiger partial charge is 0.309 e. The van der Waals surface area contributed by atoms with Crippen LogP contribution in [-0.2, 0) is 11.2 Å². The first-order chi connectivity index (χ1) is 7.60. The summed E-state index contributed by atoms with van der Waals surface area (Å²) in [4.78, 5) is 14.8. The number of halogens is 1. The van der Waals surface area contributed by atoms with Crippen molar-refractivity contribution in [3.05, 3.63) is 28.6 Å². The number of hydrogen-bond acceptors (Lipinski definition) is 3. The molecule has 0 spiro atoms. The minimum Gasteiger partial charge on any atom is -0.493 e. The van der Waals surface area contributed by atoms with Crippen molar-refractivity contribution in [2.75, 3.05) is 7.11 Å². The number of aromatic nitrogens is 2. The molecule has 2 aromatic heterocycles. The van der Waals surface area contributed by atoms with Gasteiger partial charge in [0.05, 0.1) is 19.2 Å². The largest absolute Gasteiger partial charge is 0.493 e. The molecule has 84 valence electrons. The molecule has 0 aliphatic heterocycles. The van der Waals surface area contributed by atoms with Crippen LogP contribution in [0.25, 0.3) is 5.65 Å². The molecule has 0 bridgehead atoms. The average Bonchev–Trinajstić information content (AvgIpc) is 2.57. The van der Waals surface area contributed by atoms with Crippen LogP contribution in [0.15, 0.2) is 22.9 Å². The first kappa shape index (κ1) is 10.9. The highest BCUT2D eigenvalue weighted by Gasteiger charge is 2.10. The van der Waals surface area contributed by atoms with Crippen molar-refractivity contribution in [2.24, 2.45) is 0 Å². The maximum absolute atomic E-state index is 10.6. The van der Waals surface area contributed by atoms with E-state index in [1.807, 2.05) is 0 Å². The second kappa shape index (κ2) is 4.13. The molecule has 0 amide bonds. The number of methoxy groups -OCH3 is 1. The zero-order valence-electron chi connectivity index (χ0n) is 8.48. The van der Waals surface area contributed by atoms with Crippen molar-refractivity contribution in [1.82, 2.24) is 9.38 Å². The fourth-order valence-electron chi connectivity index (χ4n) is 1.48. The summed E-state index contributed by atoms with van der Waals surface area (Å²) in [6.07, 6.45) is 3.38. The zero-order valence-corrected chi connectivity index (χ0v) is 10.1. The van der Waals surface area contributed by atoms with Gasteiger partial charge in [-0.1, -0.05) is 0 Å². The minimum absolute atomic E-state index is 0.0948. The number of hydrogen-bond donors (Lipinski definition) is 1. The predicted molar refractivity (Wildman–Crippen MR) is 60.8 cm³/mol. The SMILES string of the molecule is COc1cc(Br)cn2cc(CC(=O)O)nc12. The van der Waals surface area contributed by atoms with Gasteiger partial charge in [0.1, 0.15) is 0 Å². The topological polar surface area (TPSA) is 63.8 Å². The van der Waals surface area contributed by atoms with Gasteiger partial charge in [-0.25, -0.2) is 4.98 Å². The Kier molecular flexibility index (Phi) is 2.82. The highest BCUT2D eigenvalue weighted by atomic mass is 79.9. The van der Waals surface area contributed by atoms with E-state index in [0.717, 1.165) is 4.47 Å². The van der Waals surface area contributed by atoms with Gasteiger partial charge in [-0.2, -0.15) is 0 Å². The number of rotatable bonds is 3. The lowest BCUT2D eigenvalue weighted by Crippen LogP contribution is -1.99. The lowest BCUT2D eigenvalue weighted by atomic mass is 10.3. The van der Waals surface area contributed by atoms with E-state index in [9.17, 15) is 4.79 Å². The van der Waals surface area contributed by atoms with E-state index in [1.165, 1.54) is 0 Å². The van der Waals surface area contributed by atoms with Gasteiger partial charge < -0.3 is 14.2 Å². The highest BCUT2D eigenvalue weighted by molar-refractivity contribution is 9.10. The van der Waals surface area contributed by atoms with Crippen LogP contribution < -0.4 is 4.74 Å². The zero-order chi connectivity index (χ0) is 11.7. The molecule has 5 nitrogen and oxygen atoms in total. The van der Waals surface area contributed by atoms with Gasteiger partial charge in [-0.3, -0.25) is 4.79 Å². The first-order valence-electron chi connectivity index (χ1n) is 4.53. The third-order valence-corrected chi connectivity index (χ3v) is 2.52. The molecule has 0 unspecified atom stereocenters. The first-order valence-corrected chi connectivity index (χ1v) is 5.32. The number of pyridine rings is 1. The quantitative estimate of drug-likeness (QED) is 0.932. The number of carbonyl (C=O) groups is 1. The van der Waals surface area contributed by atoms with Crippen LogP contribution in [0.4, 0.5) is 0 Å². The average molecular weight is 285 g/mol. The molecular formula is C10H9BrN2O3. The second-order valence-electron chi connectivity index (χ2n) is 3.26. The van der Waals surface area contributed by atoms with Gasteiger partial charge in [0, 0.05) is 16.9 Å². The van der Waals surface area contributed by atoms with E-state index in [1.54, 1.807) is 30.0 Å². The molecule has 0 saturated carbocycles. The fourth-order valence-corrected chi connectivity index (χ4v) is 1.90. The Balaban J connectivity index is 2.55. The normalized spacial score (nSPS) is 10.6. The van der Waals surface area contributed by atoms with Crippen molar-refractivity contribution in [3.8, 4) is 5.75 Å².